The van der Waals surface area contributed by atoms with Crippen LogP contribution >= 0.6 is 31.7 Å². The highest BCUT2D eigenvalue weighted by atomic mass is 31.1. The number of aryl methyl sites for hydroxylation is 3. The van der Waals surface area contributed by atoms with Crippen molar-refractivity contribution in [2.75, 3.05) is 21.3 Å². The zero-order valence-corrected chi connectivity index (χ0v) is 59.8. The molecule has 2 saturated carbocycles. The van der Waals surface area contributed by atoms with Gasteiger partial charge in [0.05, 0.1) is 32.5 Å². The van der Waals surface area contributed by atoms with Crippen molar-refractivity contribution in [1.82, 2.24) is 0 Å². The highest BCUT2D eigenvalue weighted by Crippen LogP contribution is 2.59. The quantitative estimate of drug-likeness (QED) is 0.0672. The number of rotatable bonds is 17. The lowest BCUT2D eigenvalue weighted by Crippen LogP contribution is -2.30. The van der Waals surface area contributed by atoms with Crippen LogP contribution in [0.4, 0.5) is 26.3 Å². The molecule has 12 rings (SSSR count). The molecule has 10 aromatic carbocycles. The third-order valence-corrected chi connectivity index (χ3v) is 29.8. The van der Waals surface area contributed by atoms with Crippen LogP contribution in [0.3, 0.4) is 0 Å². The third kappa shape index (κ3) is 15.0. The molecule has 0 saturated heterocycles. The third-order valence-electron chi connectivity index (χ3n) is 18.9. The maximum atomic E-state index is 15.5. The summed E-state index contributed by atoms with van der Waals surface area (Å²) in [5, 5.41) is 9.40. The number of ether oxygens (including phenoxy) is 3. The normalized spacial score (nSPS) is 14.1. The van der Waals surface area contributed by atoms with Crippen molar-refractivity contribution in [2.45, 2.75) is 129 Å². The van der Waals surface area contributed by atoms with Gasteiger partial charge >= 0.3 is 12.4 Å². The first-order valence-electron chi connectivity index (χ1n) is 33.2. The van der Waals surface area contributed by atoms with Crippen LogP contribution in [0.25, 0.3) is 22.3 Å². The average molecular weight is 1370 g/mol. The second-order valence-electron chi connectivity index (χ2n) is 25.2. The summed E-state index contributed by atoms with van der Waals surface area (Å²) in [7, 11) is 0.557. The number of halogens is 6. The molecule has 13 heteroatoms. The van der Waals surface area contributed by atoms with Crippen molar-refractivity contribution >= 4 is 84.7 Å². The maximum absolute atomic E-state index is 15.5. The summed E-state index contributed by atoms with van der Waals surface area (Å²) in [6.07, 6.45) is 3.70. The number of hydrogen-bond donors (Lipinski definition) is 0. The molecule has 0 aliphatic heterocycles. The summed E-state index contributed by atoms with van der Waals surface area (Å²) in [5.74, 6) is 2.43. The maximum Gasteiger partial charge on any atom is 0.417 e. The molecule has 3 nitrogen and oxygen atoms in total. The van der Waals surface area contributed by atoms with E-state index in [1.807, 2.05) is 87.9 Å². The predicted molar refractivity (Wildman–Crippen MR) is 398 cm³/mol. The van der Waals surface area contributed by atoms with Gasteiger partial charge in [0.2, 0.25) is 0 Å². The second kappa shape index (κ2) is 31.2. The van der Waals surface area contributed by atoms with Gasteiger partial charge in [0.15, 0.2) is 0 Å². The van der Waals surface area contributed by atoms with Crippen LogP contribution < -0.4 is 67.3 Å². The Bertz CT molecular complexity index is 4120. The predicted octanol–water partition coefficient (Wildman–Crippen LogP) is 19.7. The van der Waals surface area contributed by atoms with Gasteiger partial charge in [0.1, 0.15) is 17.2 Å². The molecule has 0 spiro atoms. The Morgan fingerprint density at radius 2 is 0.573 bits per heavy atom. The van der Waals surface area contributed by atoms with Crippen molar-refractivity contribution in [1.29, 1.82) is 0 Å². The van der Waals surface area contributed by atoms with Crippen molar-refractivity contribution in [3.63, 3.8) is 0 Å². The van der Waals surface area contributed by atoms with Crippen LogP contribution in [-0.2, 0) is 12.4 Å². The first kappa shape index (κ1) is 70.2. The molecule has 96 heavy (non-hydrogen) atoms. The van der Waals surface area contributed by atoms with Crippen LogP contribution in [0.15, 0.2) is 212 Å². The minimum Gasteiger partial charge on any atom is -0.496 e. The van der Waals surface area contributed by atoms with Gasteiger partial charge in [0, 0.05) is 5.56 Å². The molecule has 496 valence electrons. The van der Waals surface area contributed by atoms with E-state index in [9.17, 15) is 13.2 Å². The summed E-state index contributed by atoms with van der Waals surface area (Å²) in [5.41, 5.74) is 7.86. The molecule has 2 aliphatic carbocycles. The smallest absolute Gasteiger partial charge is 0.417 e. The first-order valence-corrected chi connectivity index (χ1v) is 38.7. The van der Waals surface area contributed by atoms with Gasteiger partial charge in [-0.25, -0.2) is 0 Å². The van der Waals surface area contributed by atoms with Gasteiger partial charge in [-0.2, -0.15) is 26.3 Å². The van der Waals surface area contributed by atoms with Crippen molar-refractivity contribution in [3.05, 3.63) is 257 Å². The van der Waals surface area contributed by atoms with Crippen molar-refractivity contribution < 1.29 is 40.6 Å². The standard InChI is InChI=1S/C42H52O2P2.C41H32F6OP2/c1-29-27-37(45(33-19-11-7-12-20-33)34-21-13-8-14-22-34)39(31(3)41(29)43-5)40-32(4)42(44-6)30(2)28-38(40)46(35-23-15-9-16-24-35)36-25-17-10-18-26-36;1-27-24-35(49(30-16-8-4-9-17-30)31-18-10-5-11-19-31)37(28(2)39(27)48-3)38-34(41(45,46)47)25-29(40(42,43)44)26-36(38)50(32-20-12-6-13-21-32)33-22-14-7-15-23-33/h7-8,11-14,19-22,27-28,35-36H,9-10,15-18,23-26H2,1-6H3;4-26H,1-3H3. The monoisotopic (exact) mass is 1370 g/mol. The Labute approximate surface area is 569 Å². The van der Waals surface area contributed by atoms with E-state index in [0.29, 0.717) is 32.8 Å². The van der Waals surface area contributed by atoms with E-state index in [-0.39, 0.29) is 30.4 Å². The molecule has 2 aliphatic rings. The fourth-order valence-corrected chi connectivity index (χ4v) is 26.8. The molecule has 0 amide bonds. The molecule has 10 aromatic rings. The topological polar surface area (TPSA) is 27.7 Å². The van der Waals surface area contributed by atoms with E-state index >= 15 is 13.2 Å². The highest BCUT2D eigenvalue weighted by molar-refractivity contribution is 7.81. The molecule has 0 heterocycles. The summed E-state index contributed by atoms with van der Waals surface area (Å²) in [6, 6.07) is 67.1. The number of benzene rings is 10. The minimum atomic E-state index is -5.14. The molecule has 0 unspecified atom stereocenters. The molecule has 2 fully saturated rings. The molecule has 0 bridgehead atoms. The summed E-state index contributed by atoms with van der Waals surface area (Å²) in [4.78, 5) is 0. The Balaban J connectivity index is 0.000000196. The molecule has 0 N–H and O–H groups in total. The lowest BCUT2D eigenvalue weighted by Gasteiger charge is -2.41. The van der Waals surface area contributed by atoms with Crippen molar-refractivity contribution in [3.8, 4) is 39.5 Å². The molecular weight excluding hydrogens is 1280 g/mol. The van der Waals surface area contributed by atoms with Gasteiger partial charge in [0.25, 0.3) is 0 Å². The summed E-state index contributed by atoms with van der Waals surface area (Å²) < 4.78 is 109. The second-order valence-corrected chi connectivity index (χ2v) is 34.5. The van der Waals surface area contributed by atoms with Crippen LogP contribution in [0.1, 0.15) is 109 Å². The minimum absolute atomic E-state index is 0.0362. The van der Waals surface area contributed by atoms with Gasteiger partial charge < -0.3 is 14.2 Å². The zero-order chi connectivity index (χ0) is 67.8. The molecule has 0 radical (unpaired) electrons. The van der Waals surface area contributed by atoms with Crippen LogP contribution in [0.5, 0.6) is 17.2 Å². The fraction of sp³-hybridized carbons (Fsp3) is 0.277. The molecule has 0 atom stereocenters. The largest absolute Gasteiger partial charge is 0.496 e. The Morgan fingerprint density at radius 3 is 0.844 bits per heavy atom. The van der Waals surface area contributed by atoms with Crippen LogP contribution in [0.2, 0.25) is 0 Å². The zero-order valence-electron chi connectivity index (χ0n) is 56.2. The highest BCUT2D eigenvalue weighted by Gasteiger charge is 2.44. The summed E-state index contributed by atoms with van der Waals surface area (Å²) >= 11 is 0. The first-order chi connectivity index (χ1) is 46.3. The molecular formula is C83H84F6O3P4. The fourth-order valence-electron chi connectivity index (χ4n) is 14.9. The lowest BCUT2D eigenvalue weighted by atomic mass is 9.92. The van der Waals surface area contributed by atoms with E-state index < -0.39 is 47.2 Å². The van der Waals surface area contributed by atoms with Crippen molar-refractivity contribution in [2.24, 2.45) is 0 Å². The van der Waals surface area contributed by atoms with Gasteiger partial charge in [-0.05, 0) is 236 Å². The van der Waals surface area contributed by atoms with E-state index in [4.69, 9.17) is 14.2 Å². The van der Waals surface area contributed by atoms with E-state index in [2.05, 4.69) is 100 Å². The summed E-state index contributed by atoms with van der Waals surface area (Å²) in [6.45, 7) is 12.7. The number of hydrogen-bond acceptors (Lipinski definition) is 3. The molecule has 0 aromatic heterocycles. The Hall–Kier alpha value is -7.10. The Kier molecular flexibility index (Phi) is 22.8. The van der Waals surface area contributed by atoms with E-state index in [1.54, 1.807) is 72.9 Å². The lowest BCUT2D eigenvalue weighted by molar-refractivity contribution is -0.142. The van der Waals surface area contributed by atoms with Gasteiger partial charge in [-0.3, -0.25) is 0 Å². The van der Waals surface area contributed by atoms with Crippen LogP contribution in [0, 0.1) is 41.5 Å². The van der Waals surface area contributed by atoms with Crippen LogP contribution in [-0.4, -0.2) is 32.6 Å². The average Bonchev–Trinajstić information content (AvgIpc) is 0.736. The SMILES string of the molecule is COc1c(C)cc(P(c2ccccc2)c2ccccc2)c(-c2c(P(C3CCCCC3)C3CCCCC3)cc(C)c(OC)c2C)c1C.COc1c(C)cc(P(c2ccccc2)c2ccccc2)c(-c2c(P(c3ccccc3)c3ccccc3)cc(C(F)(F)F)cc2C(F)(F)F)c1C. The van der Waals surface area contributed by atoms with Gasteiger partial charge in [-0.15, -0.1) is 0 Å². The van der Waals surface area contributed by atoms with Gasteiger partial charge in [-0.1, -0.05) is 228 Å². The Morgan fingerprint density at radius 1 is 0.312 bits per heavy atom. The van der Waals surface area contributed by atoms with E-state index in [0.717, 1.165) is 39.5 Å². The van der Waals surface area contributed by atoms with E-state index in [1.165, 1.54) is 121 Å². The number of alkyl halides is 6. The number of methoxy groups -OCH3 is 3.